The first-order valence-electron chi connectivity index (χ1n) is 11.2. The normalized spacial score (nSPS) is 19.2. The van der Waals surface area contributed by atoms with Crippen LogP contribution in [0.2, 0.25) is 0 Å². The molecule has 1 unspecified atom stereocenters. The number of amides is 2. The summed E-state index contributed by atoms with van der Waals surface area (Å²) in [5.74, 6) is 1.49. The topological polar surface area (TPSA) is 75.6 Å². The number of piperidine rings is 2. The fourth-order valence-electron chi connectivity index (χ4n) is 4.33. The number of para-hydroxylation sites is 1. The molecule has 7 nitrogen and oxygen atoms in total. The number of ether oxygens (including phenoxy) is 1. The Hall–Kier alpha value is -2.96. The Balaban J connectivity index is 1.38. The van der Waals surface area contributed by atoms with Crippen LogP contribution in [0.4, 0.5) is 0 Å². The van der Waals surface area contributed by atoms with Crippen molar-refractivity contribution in [2.45, 2.75) is 44.9 Å². The zero-order valence-corrected chi connectivity index (χ0v) is 18.1. The Morgan fingerprint density at radius 2 is 1.77 bits per heavy atom. The van der Waals surface area contributed by atoms with Gasteiger partial charge in [0.1, 0.15) is 11.6 Å². The van der Waals surface area contributed by atoms with E-state index in [1.165, 1.54) is 6.42 Å². The van der Waals surface area contributed by atoms with E-state index in [2.05, 4.69) is 9.97 Å². The van der Waals surface area contributed by atoms with E-state index in [0.717, 1.165) is 51.0 Å². The van der Waals surface area contributed by atoms with Crippen molar-refractivity contribution in [3.8, 4) is 5.75 Å². The van der Waals surface area contributed by atoms with Crippen molar-refractivity contribution in [3.63, 3.8) is 0 Å². The van der Waals surface area contributed by atoms with E-state index in [0.29, 0.717) is 23.7 Å². The molecular formula is C24H30N4O3. The molecule has 164 valence electrons. The molecule has 0 N–H and O–H groups in total. The number of hydrogen-bond acceptors (Lipinski definition) is 5. The number of aryl methyl sites for hydroxylation is 1. The van der Waals surface area contributed by atoms with E-state index >= 15 is 0 Å². The van der Waals surface area contributed by atoms with Gasteiger partial charge in [-0.05, 0) is 51.2 Å². The zero-order chi connectivity index (χ0) is 21.6. The van der Waals surface area contributed by atoms with E-state index in [1.807, 2.05) is 47.1 Å². The van der Waals surface area contributed by atoms with Gasteiger partial charge in [0.15, 0.2) is 6.61 Å². The van der Waals surface area contributed by atoms with Crippen LogP contribution in [0.5, 0.6) is 5.75 Å². The molecule has 3 heterocycles. The predicted octanol–water partition coefficient (Wildman–Crippen LogP) is 3.20. The lowest BCUT2D eigenvalue weighted by molar-refractivity contribution is -0.134. The van der Waals surface area contributed by atoms with Gasteiger partial charge in [0.05, 0.1) is 11.3 Å². The SMILES string of the molecule is Cc1nc(C2CCCN(C(=O)COc3ccccc3)C2)ncc1C(=O)N1CCCCC1. The highest BCUT2D eigenvalue weighted by molar-refractivity contribution is 5.95. The van der Waals surface area contributed by atoms with Gasteiger partial charge in [-0.3, -0.25) is 9.59 Å². The lowest BCUT2D eigenvalue weighted by atomic mass is 9.96. The van der Waals surface area contributed by atoms with Crippen molar-refractivity contribution in [1.82, 2.24) is 19.8 Å². The van der Waals surface area contributed by atoms with Crippen molar-refractivity contribution in [1.29, 1.82) is 0 Å². The maximum atomic E-state index is 12.8. The van der Waals surface area contributed by atoms with Gasteiger partial charge in [0.2, 0.25) is 0 Å². The Morgan fingerprint density at radius 3 is 2.52 bits per heavy atom. The summed E-state index contributed by atoms with van der Waals surface area (Å²) < 4.78 is 5.62. The molecule has 1 atom stereocenters. The zero-order valence-electron chi connectivity index (χ0n) is 18.1. The van der Waals surface area contributed by atoms with Gasteiger partial charge in [-0.25, -0.2) is 9.97 Å². The second-order valence-corrected chi connectivity index (χ2v) is 8.36. The number of carbonyl (C=O) groups excluding carboxylic acids is 2. The van der Waals surface area contributed by atoms with Gasteiger partial charge in [0.25, 0.3) is 11.8 Å². The monoisotopic (exact) mass is 422 g/mol. The van der Waals surface area contributed by atoms with E-state index in [9.17, 15) is 9.59 Å². The van der Waals surface area contributed by atoms with Gasteiger partial charge in [-0.15, -0.1) is 0 Å². The summed E-state index contributed by atoms with van der Waals surface area (Å²) >= 11 is 0. The molecule has 2 aliphatic rings. The first kappa shape index (κ1) is 21.3. The van der Waals surface area contributed by atoms with Crippen LogP contribution in [0.15, 0.2) is 36.5 Å². The highest BCUT2D eigenvalue weighted by Gasteiger charge is 2.28. The molecule has 31 heavy (non-hydrogen) atoms. The van der Waals surface area contributed by atoms with Gasteiger partial charge in [-0.2, -0.15) is 0 Å². The highest BCUT2D eigenvalue weighted by atomic mass is 16.5. The van der Waals surface area contributed by atoms with E-state index in [4.69, 9.17) is 4.74 Å². The second kappa shape index (κ2) is 9.90. The summed E-state index contributed by atoms with van der Waals surface area (Å²) in [6.07, 6.45) is 6.81. The second-order valence-electron chi connectivity index (χ2n) is 8.36. The predicted molar refractivity (Wildman–Crippen MR) is 117 cm³/mol. The van der Waals surface area contributed by atoms with Crippen molar-refractivity contribution >= 4 is 11.8 Å². The third-order valence-corrected chi connectivity index (χ3v) is 6.12. The summed E-state index contributed by atoms with van der Waals surface area (Å²) in [7, 11) is 0. The maximum absolute atomic E-state index is 12.8. The minimum absolute atomic E-state index is 0.0258. The molecular weight excluding hydrogens is 392 g/mol. The maximum Gasteiger partial charge on any atom is 0.260 e. The minimum Gasteiger partial charge on any atom is -0.484 e. The molecule has 7 heteroatoms. The van der Waals surface area contributed by atoms with Crippen molar-refractivity contribution in [2.24, 2.45) is 0 Å². The van der Waals surface area contributed by atoms with Gasteiger partial charge in [0, 0.05) is 38.3 Å². The molecule has 4 rings (SSSR count). The number of nitrogens with zero attached hydrogens (tertiary/aromatic N) is 4. The van der Waals surface area contributed by atoms with Crippen LogP contribution in [-0.2, 0) is 4.79 Å². The van der Waals surface area contributed by atoms with E-state index < -0.39 is 0 Å². The average Bonchev–Trinajstić information content (AvgIpc) is 2.83. The Morgan fingerprint density at radius 1 is 1.03 bits per heavy atom. The average molecular weight is 423 g/mol. The van der Waals surface area contributed by atoms with E-state index in [1.54, 1.807) is 6.20 Å². The molecule has 1 aromatic heterocycles. The Kier molecular flexibility index (Phi) is 6.79. The van der Waals surface area contributed by atoms with Crippen LogP contribution in [0.1, 0.15) is 59.9 Å². The molecule has 0 aliphatic carbocycles. The quantitative estimate of drug-likeness (QED) is 0.740. The van der Waals surface area contributed by atoms with Crippen molar-refractivity contribution in [2.75, 3.05) is 32.8 Å². The van der Waals surface area contributed by atoms with Gasteiger partial charge >= 0.3 is 0 Å². The van der Waals surface area contributed by atoms with E-state index in [-0.39, 0.29) is 24.3 Å². The molecule has 0 radical (unpaired) electrons. The summed E-state index contributed by atoms with van der Waals surface area (Å²) in [5.41, 5.74) is 1.31. The van der Waals surface area contributed by atoms with Crippen LogP contribution < -0.4 is 4.74 Å². The molecule has 2 amide bonds. The number of carbonyl (C=O) groups is 2. The number of likely N-dealkylation sites (tertiary alicyclic amines) is 2. The van der Waals surface area contributed by atoms with Crippen molar-refractivity contribution in [3.05, 3.63) is 53.6 Å². The largest absolute Gasteiger partial charge is 0.484 e. The molecule has 2 aromatic rings. The standard InChI is InChI=1S/C24H30N4O3/c1-18-21(24(30)27-12-6-3-7-13-27)15-25-23(26-18)19-9-8-14-28(16-19)22(29)17-31-20-10-4-2-5-11-20/h2,4-5,10-11,15,19H,3,6-9,12-14,16-17H2,1H3. The summed E-state index contributed by atoms with van der Waals surface area (Å²) in [6, 6.07) is 9.37. The molecule has 0 saturated carbocycles. The molecule has 2 saturated heterocycles. The number of rotatable bonds is 5. The summed E-state index contributed by atoms with van der Waals surface area (Å²) in [4.78, 5) is 38.4. The van der Waals surface area contributed by atoms with Crippen LogP contribution in [0.25, 0.3) is 0 Å². The highest BCUT2D eigenvalue weighted by Crippen LogP contribution is 2.25. The number of hydrogen-bond donors (Lipinski definition) is 0. The smallest absolute Gasteiger partial charge is 0.260 e. The fourth-order valence-corrected chi connectivity index (χ4v) is 4.33. The third-order valence-electron chi connectivity index (χ3n) is 6.12. The molecule has 1 aromatic carbocycles. The Labute approximate surface area is 183 Å². The number of aromatic nitrogens is 2. The summed E-state index contributed by atoms with van der Waals surface area (Å²) in [6.45, 7) is 4.82. The molecule has 2 fully saturated rings. The first-order chi connectivity index (χ1) is 15.1. The van der Waals surface area contributed by atoms with Gasteiger partial charge in [-0.1, -0.05) is 18.2 Å². The third kappa shape index (κ3) is 5.21. The molecule has 0 spiro atoms. The fraction of sp³-hybridized carbons (Fsp3) is 0.500. The molecule has 2 aliphatic heterocycles. The number of benzene rings is 1. The first-order valence-corrected chi connectivity index (χ1v) is 11.2. The summed E-state index contributed by atoms with van der Waals surface area (Å²) in [5, 5.41) is 0. The van der Waals surface area contributed by atoms with Crippen LogP contribution >= 0.6 is 0 Å². The Bertz CT molecular complexity index is 912. The van der Waals surface area contributed by atoms with Crippen LogP contribution in [0, 0.1) is 6.92 Å². The van der Waals surface area contributed by atoms with Gasteiger partial charge < -0.3 is 14.5 Å². The van der Waals surface area contributed by atoms with Crippen LogP contribution in [0.3, 0.4) is 0 Å². The van der Waals surface area contributed by atoms with Crippen LogP contribution in [-0.4, -0.2) is 64.4 Å². The van der Waals surface area contributed by atoms with Crippen molar-refractivity contribution < 1.29 is 14.3 Å². The minimum atomic E-state index is -0.0258. The molecule has 0 bridgehead atoms. The lowest BCUT2D eigenvalue weighted by Gasteiger charge is -2.32. The lowest BCUT2D eigenvalue weighted by Crippen LogP contribution is -2.42.